The maximum Gasteiger partial charge on any atom is 0.0443 e. The summed E-state index contributed by atoms with van der Waals surface area (Å²) >= 11 is 0. The lowest BCUT2D eigenvalue weighted by molar-refractivity contribution is 0.0828. The van der Waals surface area contributed by atoms with Gasteiger partial charge in [-0.15, -0.1) is 0 Å². The van der Waals surface area contributed by atoms with Crippen LogP contribution in [0.3, 0.4) is 0 Å². The molecule has 1 heterocycles. The van der Waals surface area contributed by atoms with Gasteiger partial charge < -0.3 is 10.4 Å². The van der Waals surface area contributed by atoms with Crippen molar-refractivity contribution in [3.05, 3.63) is 0 Å². The Kier molecular flexibility index (Phi) is 3.50. The Morgan fingerprint density at radius 1 is 1.50 bits per heavy atom. The largest absolute Gasteiger partial charge is 0.396 e. The first-order valence-electron chi connectivity index (χ1n) is 4.73. The van der Waals surface area contributed by atoms with Gasteiger partial charge in [0.25, 0.3) is 0 Å². The second-order valence-electron chi connectivity index (χ2n) is 4.05. The molecular formula is C9H20N2O. The maximum atomic E-state index is 8.72. The van der Waals surface area contributed by atoms with Gasteiger partial charge in [-0.2, -0.15) is 0 Å². The van der Waals surface area contributed by atoms with Crippen LogP contribution in [0.2, 0.25) is 0 Å². The van der Waals surface area contributed by atoms with Gasteiger partial charge in [0, 0.05) is 38.3 Å². The van der Waals surface area contributed by atoms with E-state index in [9.17, 15) is 0 Å². The third-order valence-corrected chi connectivity index (χ3v) is 2.56. The van der Waals surface area contributed by atoms with Crippen LogP contribution in [0.15, 0.2) is 0 Å². The highest BCUT2D eigenvalue weighted by molar-refractivity contribution is 4.87. The highest BCUT2D eigenvalue weighted by Gasteiger charge is 2.28. The Bertz CT molecular complexity index is 136. The van der Waals surface area contributed by atoms with Crippen molar-refractivity contribution < 1.29 is 5.11 Å². The minimum Gasteiger partial charge on any atom is -0.396 e. The minimum atomic E-state index is 0.257. The Balaban J connectivity index is 2.37. The number of hydrogen-bond donors (Lipinski definition) is 2. The van der Waals surface area contributed by atoms with Gasteiger partial charge in [-0.3, -0.25) is 4.90 Å². The zero-order valence-corrected chi connectivity index (χ0v) is 8.14. The Morgan fingerprint density at radius 3 is 2.83 bits per heavy atom. The smallest absolute Gasteiger partial charge is 0.0443 e. The molecule has 3 nitrogen and oxygen atoms in total. The number of rotatable bonds is 3. The van der Waals surface area contributed by atoms with Gasteiger partial charge in [-0.25, -0.2) is 0 Å². The lowest BCUT2D eigenvalue weighted by atomic mass is 10.00. The van der Waals surface area contributed by atoms with Crippen LogP contribution >= 0.6 is 0 Å². The van der Waals surface area contributed by atoms with E-state index in [1.165, 1.54) is 0 Å². The minimum absolute atomic E-state index is 0.257. The fraction of sp³-hybridized carbons (Fsp3) is 1.00. The molecule has 0 aromatic heterocycles. The van der Waals surface area contributed by atoms with Crippen LogP contribution in [0.4, 0.5) is 0 Å². The molecule has 0 unspecified atom stereocenters. The van der Waals surface area contributed by atoms with Crippen LogP contribution in [0, 0.1) is 0 Å². The second-order valence-corrected chi connectivity index (χ2v) is 4.05. The molecule has 0 atom stereocenters. The summed E-state index contributed by atoms with van der Waals surface area (Å²) in [6, 6.07) is 0. The number of aliphatic hydroxyl groups excluding tert-OH is 1. The number of hydrogen-bond acceptors (Lipinski definition) is 3. The first-order chi connectivity index (χ1) is 5.67. The van der Waals surface area contributed by atoms with E-state index in [1.54, 1.807) is 0 Å². The third-order valence-electron chi connectivity index (χ3n) is 2.56. The van der Waals surface area contributed by atoms with E-state index in [0.29, 0.717) is 6.61 Å². The molecule has 1 aliphatic heterocycles. The van der Waals surface area contributed by atoms with Crippen LogP contribution in [-0.4, -0.2) is 48.3 Å². The summed E-state index contributed by atoms with van der Waals surface area (Å²) in [6.45, 7) is 9.05. The molecule has 0 saturated carbocycles. The van der Waals surface area contributed by atoms with E-state index in [-0.39, 0.29) is 5.54 Å². The van der Waals surface area contributed by atoms with Crippen LogP contribution < -0.4 is 5.32 Å². The van der Waals surface area contributed by atoms with E-state index in [0.717, 1.165) is 32.6 Å². The van der Waals surface area contributed by atoms with Crippen molar-refractivity contribution in [2.24, 2.45) is 0 Å². The third kappa shape index (κ3) is 2.44. The van der Waals surface area contributed by atoms with E-state index >= 15 is 0 Å². The van der Waals surface area contributed by atoms with Crippen LogP contribution in [0.25, 0.3) is 0 Å². The summed E-state index contributed by atoms with van der Waals surface area (Å²) in [5.74, 6) is 0. The molecule has 1 aliphatic rings. The van der Waals surface area contributed by atoms with Crippen molar-refractivity contribution in [3.63, 3.8) is 0 Å². The van der Waals surface area contributed by atoms with Gasteiger partial charge in [0.05, 0.1) is 0 Å². The second kappa shape index (κ2) is 4.21. The average Bonchev–Trinajstić information content (AvgIpc) is 2.02. The van der Waals surface area contributed by atoms with E-state index in [4.69, 9.17) is 5.11 Å². The SMILES string of the molecule is CC1(C)CNCCN1CCCO. The van der Waals surface area contributed by atoms with E-state index in [2.05, 4.69) is 24.1 Å². The zero-order chi connectivity index (χ0) is 9.03. The highest BCUT2D eigenvalue weighted by atomic mass is 16.3. The molecule has 0 amide bonds. The molecule has 2 N–H and O–H groups in total. The Labute approximate surface area is 74.8 Å². The number of nitrogens with one attached hydrogen (secondary N) is 1. The highest BCUT2D eigenvalue weighted by Crippen LogP contribution is 2.15. The summed E-state index contributed by atoms with van der Waals surface area (Å²) in [7, 11) is 0. The number of piperazine rings is 1. The maximum absolute atomic E-state index is 8.72. The quantitative estimate of drug-likeness (QED) is 0.631. The molecule has 72 valence electrons. The van der Waals surface area contributed by atoms with E-state index in [1.807, 2.05) is 0 Å². The summed E-state index contributed by atoms with van der Waals surface area (Å²) in [6.07, 6.45) is 0.892. The molecule has 0 aromatic rings. The number of nitrogens with zero attached hydrogens (tertiary/aromatic N) is 1. The zero-order valence-electron chi connectivity index (χ0n) is 8.14. The lowest BCUT2D eigenvalue weighted by Crippen LogP contribution is -2.58. The van der Waals surface area contributed by atoms with Crippen LogP contribution in [0.5, 0.6) is 0 Å². The van der Waals surface area contributed by atoms with Crippen molar-refractivity contribution in [3.8, 4) is 0 Å². The predicted octanol–water partition coefficient (Wildman–Crippen LogP) is 0.0526. The summed E-state index contributed by atoms with van der Waals surface area (Å²) in [5, 5.41) is 12.1. The first-order valence-corrected chi connectivity index (χ1v) is 4.73. The summed E-state index contributed by atoms with van der Waals surface area (Å²) < 4.78 is 0. The molecule has 12 heavy (non-hydrogen) atoms. The standard InChI is InChI=1S/C9H20N2O/c1-9(2)8-10-4-6-11(9)5-3-7-12/h10,12H,3-8H2,1-2H3. The fourth-order valence-electron chi connectivity index (χ4n) is 1.70. The Morgan fingerprint density at radius 2 is 2.25 bits per heavy atom. The Hall–Kier alpha value is -0.120. The predicted molar refractivity (Wildman–Crippen MR) is 50.2 cm³/mol. The van der Waals surface area contributed by atoms with Gasteiger partial charge in [0.2, 0.25) is 0 Å². The van der Waals surface area contributed by atoms with E-state index < -0.39 is 0 Å². The fourth-order valence-corrected chi connectivity index (χ4v) is 1.70. The topological polar surface area (TPSA) is 35.5 Å². The van der Waals surface area contributed by atoms with Gasteiger partial charge in [0.1, 0.15) is 0 Å². The average molecular weight is 172 g/mol. The van der Waals surface area contributed by atoms with Gasteiger partial charge in [0.15, 0.2) is 0 Å². The molecule has 0 radical (unpaired) electrons. The van der Waals surface area contributed by atoms with Crippen molar-refractivity contribution in [1.29, 1.82) is 0 Å². The van der Waals surface area contributed by atoms with Crippen LogP contribution in [0.1, 0.15) is 20.3 Å². The number of aliphatic hydroxyl groups is 1. The monoisotopic (exact) mass is 172 g/mol. The summed E-state index contributed by atoms with van der Waals surface area (Å²) in [5.41, 5.74) is 0.257. The molecule has 0 spiro atoms. The van der Waals surface area contributed by atoms with Crippen molar-refractivity contribution in [2.75, 3.05) is 32.8 Å². The van der Waals surface area contributed by atoms with Crippen molar-refractivity contribution >= 4 is 0 Å². The lowest BCUT2D eigenvalue weighted by Gasteiger charge is -2.42. The normalized spacial score (nSPS) is 24.2. The molecule has 0 bridgehead atoms. The molecule has 1 rings (SSSR count). The van der Waals surface area contributed by atoms with Crippen LogP contribution in [-0.2, 0) is 0 Å². The summed E-state index contributed by atoms with van der Waals surface area (Å²) in [4.78, 5) is 2.44. The molecule has 3 heteroatoms. The molecule has 1 fully saturated rings. The molecule has 0 aliphatic carbocycles. The van der Waals surface area contributed by atoms with Gasteiger partial charge in [-0.05, 0) is 20.3 Å². The molecule has 0 aromatic carbocycles. The van der Waals surface area contributed by atoms with Crippen molar-refractivity contribution in [2.45, 2.75) is 25.8 Å². The molecular weight excluding hydrogens is 152 g/mol. The van der Waals surface area contributed by atoms with Gasteiger partial charge in [-0.1, -0.05) is 0 Å². The van der Waals surface area contributed by atoms with Gasteiger partial charge >= 0.3 is 0 Å². The van der Waals surface area contributed by atoms with Crippen molar-refractivity contribution in [1.82, 2.24) is 10.2 Å². The first kappa shape index (κ1) is 9.96. The molecule has 1 saturated heterocycles.